The van der Waals surface area contributed by atoms with Crippen LogP contribution in [-0.4, -0.2) is 10.9 Å². The zero-order chi connectivity index (χ0) is 9.68. The van der Waals surface area contributed by atoms with Crippen LogP contribution in [0.2, 0.25) is 0 Å². The molecule has 0 amide bonds. The number of hydrogen-bond donors (Lipinski definition) is 2. The molecule has 0 radical (unpaired) electrons. The van der Waals surface area contributed by atoms with Crippen LogP contribution in [0.15, 0.2) is 18.2 Å². The molecule has 2 nitrogen and oxygen atoms in total. The van der Waals surface area contributed by atoms with E-state index in [0.29, 0.717) is 16.9 Å². The van der Waals surface area contributed by atoms with Gasteiger partial charge in [0.05, 0.1) is 22.9 Å². The van der Waals surface area contributed by atoms with Gasteiger partial charge >= 0.3 is 0 Å². The van der Waals surface area contributed by atoms with Crippen LogP contribution in [0.5, 0.6) is 5.75 Å². The van der Waals surface area contributed by atoms with E-state index in [0.717, 1.165) is 0 Å². The molecule has 0 bridgehead atoms. The lowest BCUT2D eigenvalue weighted by Gasteiger charge is -1.95. The molecule has 1 N–H and O–H groups in total. The van der Waals surface area contributed by atoms with Gasteiger partial charge in [0, 0.05) is 0 Å². The van der Waals surface area contributed by atoms with E-state index in [9.17, 15) is 5.11 Å². The first-order valence-electron chi connectivity index (χ1n) is 3.61. The molecule has 0 aliphatic rings. The molecule has 0 atom stereocenters. The Kier molecular flexibility index (Phi) is 3.25. The van der Waals surface area contributed by atoms with Gasteiger partial charge in [-0.3, -0.25) is 0 Å². The maximum atomic E-state index is 9.32. The summed E-state index contributed by atoms with van der Waals surface area (Å²) in [6.45, 7) is 0. The van der Waals surface area contributed by atoms with E-state index in [1.54, 1.807) is 12.1 Å². The zero-order valence-corrected chi connectivity index (χ0v) is 7.68. The van der Waals surface area contributed by atoms with Crippen molar-refractivity contribution in [3.05, 3.63) is 29.3 Å². The Morgan fingerprint density at radius 2 is 2.23 bits per heavy atom. The fraction of sp³-hybridized carbons (Fsp3) is 0.100. The molecule has 0 saturated heterocycles. The molecule has 0 aliphatic carbocycles. The Hall–Kier alpha value is -1.58. The zero-order valence-electron chi connectivity index (χ0n) is 6.78. The first-order chi connectivity index (χ1) is 6.27. The predicted molar refractivity (Wildman–Crippen MR) is 53.6 cm³/mol. The Balaban J connectivity index is 3.13. The minimum Gasteiger partial charge on any atom is -0.507 e. The minimum atomic E-state index is 0.0910. The van der Waals surface area contributed by atoms with Gasteiger partial charge in [0.1, 0.15) is 5.75 Å². The molecule has 0 fully saturated rings. The summed E-state index contributed by atoms with van der Waals surface area (Å²) in [6, 6.07) is 6.52. The maximum Gasteiger partial charge on any atom is 0.131 e. The second kappa shape index (κ2) is 4.45. The summed E-state index contributed by atoms with van der Waals surface area (Å²) in [7, 11) is 0. The molecule has 0 heterocycles. The van der Waals surface area contributed by atoms with Crippen LogP contribution >= 0.6 is 12.6 Å². The third kappa shape index (κ3) is 2.43. The number of thiol groups is 1. The highest BCUT2D eigenvalue weighted by Gasteiger charge is 1.98. The summed E-state index contributed by atoms with van der Waals surface area (Å²) in [5, 5.41) is 17.9. The highest BCUT2D eigenvalue weighted by Crippen LogP contribution is 2.16. The fourth-order valence-corrected chi connectivity index (χ4v) is 0.920. The molecular weight excluding hydrogens is 182 g/mol. The number of nitrogens with zero attached hydrogens (tertiary/aromatic N) is 1. The van der Waals surface area contributed by atoms with Crippen LogP contribution in [0.25, 0.3) is 0 Å². The molecule has 3 heteroatoms. The Morgan fingerprint density at radius 1 is 1.46 bits per heavy atom. The summed E-state index contributed by atoms with van der Waals surface area (Å²) >= 11 is 3.91. The molecule has 1 rings (SSSR count). The van der Waals surface area contributed by atoms with Crippen LogP contribution in [0.1, 0.15) is 11.1 Å². The highest BCUT2D eigenvalue weighted by molar-refractivity contribution is 7.80. The first kappa shape index (κ1) is 9.51. The van der Waals surface area contributed by atoms with Gasteiger partial charge in [-0.15, -0.1) is 0 Å². The molecule has 0 spiro atoms. The summed E-state index contributed by atoms with van der Waals surface area (Å²) in [5.41, 5.74) is 0.953. The van der Waals surface area contributed by atoms with Crippen molar-refractivity contribution in [3.63, 3.8) is 0 Å². The molecule has 1 aromatic rings. The lowest BCUT2D eigenvalue weighted by atomic mass is 10.1. The average Bonchev–Trinajstić information content (AvgIpc) is 2.17. The number of aromatic hydroxyl groups is 1. The van der Waals surface area contributed by atoms with Gasteiger partial charge in [0.25, 0.3) is 0 Å². The molecule has 64 valence electrons. The second-order valence-corrected chi connectivity index (χ2v) is 2.62. The molecule has 0 saturated carbocycles. The minimum absolute atomic E-state index is 0.0910. The molecule has 13 heavy (non-hydrogen) atoms. The smallest absolute Gasteiger partial charge is 0.131 e. The molecule has 0 aliphatic heterocycles. The van der Waals surface area contributed by atoms with Crippen molar-refractivity contribution in [2.45, 2.75) is 0 Å². The van der Waals surface area contributed by atoms with Crippen LogP contribution in [0.4, 0.5) is 0 Å². The average molecular weight is 189 g/mol. The Bertz CT molecular complexity index is 409. The largest absolute Gasteiger partial charge is 0.507 e. The van der Waals surface area contributed by atoms with Crippen LogP contribution < -0.4 is 0 Å². The molecule has 0 aromatic heterocycles. The van der Waals surface area contributed by atoms with Crippen molar-refractivity contribution in [1.82, 2.24) is 0 Å². The van der Waals surface area contributed by atoms with Crippen LogP contribution in [0.3, 0.4) is 0 Å². The van der Waals surface area contributed by atoms with Crippen molar-refractivity contribution < 1.29 is 5.11 Å². The van der Waals surface area contributed by atoms with E-state index in [2.05, 4.69) is 24.5 Å². The van der Waals surface area contributed by atoms with Gasteiger partial charge in [-0.25, -0.2) is 0 Å². The highest BCUT2D eigenvalue weighted by atomic mass is 32.1. The van der Waals surface area contributed by atoms with Gasteiger partial charge in [0.2, 0.25) is 0 Å². The van der Waals surface area contributed by atoms with Crippen LogP contribution in [0, 0.1) is 23.2 Å². The normalized spacial score (nSPS) is 8.31. The summed E-state index contributed by atoms with van der Waals surface area (Å²) < 4.78 is 0. The number of benzene rings is 1. The quantitative estimate of drug-likeness (QED) is 0.480. The van der Waals surface area contributed by atoms with Gasteiger partial charge < -0.3 is 5.11 Å². The maximum absolute atomic E-state index is 9.32. The second-order valence-electron chi connectivity index (χ2n) is 2.30. The lowest BCUT2D eigenvalue weighted by Crippen LogP contribution is -1.80. The summed E-state index contributed by atoms with van der Waals surface area (Å²) in [6.07, 6.45) is 0. The summed E-state index contributed by atoms with van der Waals surface area (Å²) in [4.78, 5) is 0. The first-order valence-corrected chi connectivity index (χ1v) is 4.24. The SMILES string of the molecule is N#Cc1ccc(O)c(C#CCS)c1. The topological polar surface area (TPSA) is 44.0 Å². The number of nitriles is 1. The van der Waals surface area contributed by atoms with Gasteiger partial charge in [-0.05, 0) is 18.2 Å². The molecule has 0 unspecified atom stereocenters. The van der Waals surface area contributed by atoms with Gasteiger partial charge in [-0.2, -0.15) is 17.9 Å². The lowest BCUT2D eigenvalue weighted by molar-refractivity contribution is 0.473. The van der Waals surface area contributed by atoms with Gasteiger partial charge in [0.15, 0.2) is 0 Å². The van der Waals surface area contributed by atoms with E-state index >= 15 is 0 Å². The Morgan fingerprint density at radius 3 is 2.85 bits per heavy atom. The van der Waals surface area contributed by atoms with E-state index in [1.165, 1.54) is 6.07 Å². The van der Waals surface area contributed by atoms with Crippen molar-refractivity contribution in [1.29, 1.82) is 5.26 Å². The molecule has 1 aromatic carbocycles. The number of phenols is 1. The standard InChI is InChI=1S/C10H7NOS/c11-7-8-3-4-10(12)9(6-8)2-1-5-13/h3-4,6,12-13H,5H2. The van der Waals surface area contributed by atoms with Gasteiger partial charge in [-0.1, -0.05) is 11.8 Å². The van der Waals surface area contributed by atoms with E-state index < -0.39 is 0 Å². The van der Waals surface area contributed by atoms with Crippen molar-refractivity contribution in [2.24, 2.45) is 0 Å². The monoisotopic (exact) mass is 189 g/mol. The van der Waals surface area contributed by atoms with E-state index in [1.807, 2.05) is 6.07 Å². The van der Waals surface area contributed by atoms with E-state index in [4.69, 9.17) is 5.26 Å². The third-order valence-electron chi connectivity index (χ3n) is 1.43. The van der Waals surface area contributed by atoms with Crippen molar-refractivity contribution >= 4 is 12.6 Å². The third-order valence-corrected chi connectivity index (χ3v) is 1.59. The van der Waals surface area contributed by atoms with Crippen molar-refractivity contribution in [3.8, 4) is 23.7 Å². The Labute approximate surface area is 82.2 Å². The fourth-order valence-electron chi connectivity index (χ4n) is 0.840. The van der Waals surface area contributed by atoms with E-state index in [-0.39, 0.29) is 5.75 Å². The summed E-state index contributed by atoms with van der Waals surface area (Å²) in [5.74, 6) is 5.93. The molecular formula is C10H7NOS. The number of rotatable bonds is 0. The number of phenolic OH excluding ortho intramolecular Hbond substituents is 1. The predicted octanol–water partition coefficient (Wildman–Crippen LogP) is 1.55. The van der Waals surface area contributed by atoms with Crippen LogP contribution in [-0.2, 0) is 0 Å². The number of hydrogen-bond acceptors (Lipinski definition) is 3. The van der Waals surface area contributed by atoms with Crippen molar-refractivity contribution in [2.75, 3.05) is 5.75 Å².